The monoisotopic (exact) mass is 258 g/mol. The molecule has 0 fully saturated rings. The van der Waals surface area contributed by atoms with E-state index in [1.54, 1.807) is 37.3 Å². The first kappa shape index (κ1) is 13.1. The largest absolute Gasteiger partial charge is 0.398 e. The quantitative estimate of drug-likeness (QED) is 0.652. The molecule has 3 nitrogen and oxygen atoms in total. The Kier molecular flexibility index (Phi) is 3.51. The first-order valence-corrected chi connectivity index (χ1v) is 5.91. The van der Waals surface area contributed by atoms with Gasteiger partial charge in [0.05, 0.1) is 0 Å². The van der Waals surface area contributed by atoms with E-state index >= 15 is 0 Å². The molecule has 2 aromatic rings. The molecule has 2 rings (SSSR count). The summed E-state index contributed by atoms with van der Waals surface area (Å²) in [5.41, 5.74) is 8.53. The van der Waals surface area contributed by atoms with Crippen molar-refractivity contribution >= 4 is 22.8 Å². The highest BCUT2D eigenvalue weighted by Crippen LogP contribution is 2.23. The number of carbonyl (C=O) groups is 1. The molecule has 4 heteroatoms. The molecule has 98 valence electrons. The number of hydrogen-bond donors (Lipinski definition) is 2. The molecule has 0 amide bonds. The molecule has 0 unspecified atom stereocenters. The average Bonchev–Trinajstić information content (AvgIpc) is 2.36. The van der Waals surface area contributed by atoms with Crippen LogP contribution in [0.25, 0.3) is 0 Å². The Labute approximate surface area is 111 Å². The SMILES string of the molecule is CC(=O)c1cc(Nc2ccc(C)c(F)c2)ccc1N. The lowest BCUT2D eigenvalue weighted by Crippen LogP contribution is -2.01. The highest BCUT2D eigenvalue weighted by Gasteiger charge is 2.06. The lowest BCUT2D eigenvalue weighted by molar-refractivity contribution is 0.101. The van der Waals surface area contributed by atoms with Gasteiger partial charge < -0.3 is 11.1 Å². The zero-order chi connectivity index (χ0) is 14.0. The number of carbonyl (C=O) groups excluding carboxylic acids is 1. The Bertz CT molecular complexity index is 638. The van der Waals surface area contributed by atoms with Crippen LogP contribution in [0.5, 0.6) is 0 Å². The van der Waals surface area contributed by atoms with Gasteiger partial charge >= 0.3 is 0 Å². The first-order chi connectivity index (χ1) is 8.97. The van der Waals surface area contributed by atoms with Gasteiger partial charge in [0.25, 0.3) is 0 Å². The summed E-state index contributed by atoms with van der Waals surface area (Å²) in [6, 6.07) is 9.96. The van der Waals surface area contributed by atoms with E-state index in [2.05, 4.69) is 5.32 Å². The lowest BCUT2D eigenvalue weighted by Gasteiger charge is -2.10. The van der Waals surface area contributed by atoms with Crippen LogP contribution >= 0.6 is 0 Å². The van der Waals surface area contributed by atoms with Gasteiger partial charge in [0, 0.05) is 22.6 Å². The van der Waals surface area contributed by atoms with Gasteiger partial charge in [-0.1, -0.05) is 6.07 Å². The third-order valence-electron chi connectivity index (χ3n) is 2.89. The van der Waals surface area contributed by atoms with E-state index in [9.17, 15) is 9.18 Å². The topological polar surface area (TPSA) is 55.1 Å². The summed E-state index contributed by atoms with van der Waals surface area (Å²) < 4.78 is 13.4. The predicted molar refractivity (Wildman–Crippen MR) is 75.3 cm³/mol. The summed E-state index contributed by atoms with van der Waals surface area (Å²) in [6.45, 7) is 3.16. The van der Waals surface area contributed by atoms with Crippen molar-refractivity contribution in [2.45, 2.75) is 13.8 Å². The number of nitrogens with one attached hydrogen (secondary N) is 1. The van der Waals surface area contributed by atoms with Gasteiger partial charge in [-0.2, -0.15) is 0 Å². The van der Waals surface area contributed by atoms with Gasteiger partial charge in [0.1, 0.15) is 5.82 Å². The summed E-state index contributed by atoms with van der Waals surface area (Å²) in [6.07, 6.45) is 0. The molecule has 0 spiro atoms. The van der Waals surface area contributed by atoms with Crippen molar-refractivity contribution < 1.29 is 9.18 Å². The molecule has 0 atom stereocenters. The molecule has 2 aromatic carbocycles. The summed E-state index contributed by atoms with van der Waals surface area (Å²) >= 11 is 0. The minimum atomic E-state index is -0.271. The van der Waals surface area contributed by atoms with Gasteiger partial charge in [-0.25, -0.2) is 4.39 Å². The van der Waals surface area contributed by atoms with Crippen LogP contribution in [-0.4, -0.2) is 5.78 Å². The van der Waals surface area contributed by atoms with Crippen LogP contribution in [0.1, 0.15) is 22.8 Å². The van der Waals surface area contributed by atoms with Crippen LogP contribution < -0.4 is 11.1 Å². The van der Waals surface area contributed by atoms with Crippen molar-refractivity contribution in [1.29, 1.82) is 0 Å². The van der Waals surface area contributed by atoms with Crippen molar-refractivity contribution in [2.24, 2.45) is 0 Å². The zero-order valence-electron chi connectivity index (χ0n) is 10.8. The van der Waals surface area contributed by atoms with Gasteiger partial charge in [-0.3, -0.25) is 4.79 Å². The molecule has 0 radical (unpaired) electrons. The highest BCUT2D eigenvalue weighted by atomic mass is 19.1. The van der Waals surface area contributed by atoms with E-state index < -0.39 is 0 Å². The van der Waals surface area contributed by atoms with Crippen LogP contribution in [0.3, 0.4) is 0 Å². The minimum Gasteiger partial charge on any atom is -0.398 e. The van der Waals surface area contributed by atoms with Crippen LogP contribution in [0.2, 0.25) is 0 Å². The molecule has 3 N–H and O–H groups in total. The minimum absolute atomic E-state index is 0.101. The van der Waals surface area contributed by atoms with Gasteiger partial charge in [-0.15, -0.1) is 0 Å². The number of aryl methyl sites for hydroxylation is 1. The van der Waals surface area contributed by atoms with E-state index in [0.29, 0.717) is 28.2 Å². The second kappa shape index (κ2) is 5.10. The smallest absolute Gasteiger partial charge is 0.161 e. The highest BCUT2D eigenvalue weighted by molar-refractivity contribution is 6.00. The van der Waals surface area contributed by atoms with E-state index in [4.69, 9.17) is 5.73 Å². The molecule has 0 aliphatic carbocycles. The van der Waals surface area contributed by atoms with E-state index in [1.807, 2.05) is 0 Å². The number of nitrogens with two attached hydrogens (primary N) is 1. The number of Topliss-reactive ketones (excluding diaryl/α,β-unsaturated/α-hetero) is 1. The van der Waals surface area contributed by atoms with E-state index in [0.717, 1.165) is 0 Å². The zero-order valence-corrected chi connectivity index (χ0v) is 10.8. The first-order valence-electron chi connectivity index (χ1n) is 5.91. The van der Waals surface area contributed by atoms with Crippen molar-refractivity contribution in [3.63, 3.8) is 0 Å². The molecule has 0 saturated heterocycles. The van der Waals surface area contributed by atoms with Gasteiger partial charge in [-0.05, 0) is 49.7 Å². The number of rotatable bonds is 3. The molecule has 19 heavy (non-hydrogen) atoms. The summed E-state index contributed by atoms with van der Waals surface area (Å²) in [4.78, 5) is 11.4. The third kappa shape index (κ3) is 2.91. The summed E-state index contributed by atoms with van der Waals surface area (Å²) in [5, 5.41) is 3.05. The van der Waals surface area contributed by atoms with Crippen molar-refractivity contribution in [1.82, 2.24) is 0 Å². The fraction of sp³-hybridized carbons (Fsp3) is 0.133. The number of halogens is 1. The van der Waals surface area contributed by atoms with Crippen LogP contribution in [0.15, 0.2) is 36.4 Å². The Morgan fingerprint density at radius 3 is 2.42 bits per heavy atom. The number of ketones is 1. The summed E-state index contributed by atoms with van der Waals surface area (Å²) in [5.74, 6) is -0.372. The average molecular weight is 258 g/mol. The van der Waals surface area contributed by atoms with E-state index in [1.165, 1.54) is 13.0 Å². The molecule has 0 aliphatic rings. The molecule has 0 aliphatic heterocycles. The second-order valence-corrected chi connectivity index (χ2v) is 4.45. The Hall–Kier alpha value is -2.36. The number of anilines is 3. The maximum Gasteiger partial charge on any atom is 0.161 e. The van der Waals surface area contributed by atoms with Crippen molar-refractivity contribution in [2.75, 3.05) is 11.1 Å². The lowest BCUT2D eigenvalue weighted by atomic mass is 10.1. The molecular formula is C15H15FN2O. The number of benzene rings is 2. The standard InChI is InChI=1S/C15H15FN2O/c1-9-3-4-12(8-14(9)16)18-11-5-6-15(17)13(7-11)10(2)19/h3-8,18H,17H2,1-2H3. The van der Waals surface area contributed by atoms with Crippen LogP contribution in [0, 0.1) is 12.7 Å². The third-order valence-corrected chi connectivity index (χ3v) is 2.89. The molecule has 0 bridgehead atoms. The molecule has 0 saturated carbocycles. The summed E-state index contributed by atoms with van der Waals surface area (Å²) in [7, 11) is 0. The Balaban J connectivity index is 2.30. The van der Waals surface area contributed by atoms with Gasteiger partial charge in [0.2, 0.25) is 0 Å². The normalized spacial score (nSPS) is 10.3. The second-order valence-electron chi connectivity index (χ2n) is 4.45. The van der Waals surface area contributed by atoms with Crippen LogP contribution in [0.4, 0.5) is 21.5 Å². The Morgan fingerprint density at radius 2 is 1.79 bits per heavy atom. The van der Waals surface area contributed by atoms with E-state index in [-0.39, 0.29) is 11.6 Å². The van der Waals surface area contributed by atoms with Crippen molar-refractivity contribution in [3.05, 3.63) is 53.3 Å². The number of hydrogen-bond acceptors (Lipinski definition) is 3. The fourth-order valence-corrected chi connectivity index (χ4v) is 1.78. The van der Waals surface area contributed by atoms with Crippen molar-refractivity contribution in [3.8, 4) is 0 Å². The Morgan fingerprint density at radius 1 is 1.16 bits per heavy atom. The van der Waals surface area contributed by atoms with Gasteiger partial charge in [0.15, 0.2) is 5.78 Å². The molecule has 0 aromatic heterocycles. The predicted octanol–water partition coefficient (Wildman–Crippen LogP) is 3.66. The van der Waals surface area contributed by atoms with Crippen LogP contribution in [-0.2, 0) is 0 Å². The maximum absolute atomic E-state index is 13.4. The fourth-order valence-electron chi connectivity index (χ4n) is 1.78. The maximum atomic E-state index is 13.4. The molecular weight excluding hydrogens is 243 g/mol. The number of nitrogen functional groups attached to an aromatic ring is 1. The molecule has 0 heterocycles.